The molecular formula is C28H32ClN5O2S. The number of benzene rings is 2. The molecule has 2 N–H and O–H groups in total. The summed E-state index contributed by atoms with van der Waals surface area (Å²) < 4.78 is 0. The number of fused-ring (bicyclic) bond motifs is 1. The highest BCUT2D eigenvalue weighted by molar-refractivity contribution is 7.17. The van der Waals surface area contributed by atoms with Crippen molar-refractivity contribution in [3.8, 4) is 0 Å². The minimum Gasteiger partial charge on any atom is -0.335 e. The summed E-state index contributed by atoms with van der Waals surface area (Å²) in [5.41, 5.74) is 4.78. The van der Waals surface area contributed by atoms with Gasteiger partial charge in [-0.05, 0) is 87.8 Å². The van der Waals surface area contributed by atoms with Crippen molar-refractivity contribution in [3.63, 3.8) is 0 Å². The van der Waals surface area contributed by atoms with Crippen molar-refractivity contribution >= 4 is 51.3 Å². The predicted octanol–water partition coefficient (Wildman–Crippen LogP) is 5.88. The number of allylic oxidation sites excluding steroid dienone is 1. The number of unbranched alkanes of at least 4 members (excludes halogenated alkanes) is 1. The average Bonchev–Trinajstić information content (AvgIpc) is 3.34. The van der Waals surface area contributed by atoms with Crippen molar-refractivity contribution in [1.29, 1.82) is 0 Å². The monoisotopic (exact) mass is 537 g/mol. The molecule has 2 heterocycles. The lowest BCUT2D eigenvalue weighted by Crippen LogP contribution is -2.34. The fourth-order valence-corrected chi connectivity index (χ4v) is 5.16. The minimum absolute atomic E-state index is 0.0679. The van der Waals surface area contributed by atoms with Gasteiger partial charge in [0.2, 0.25) is 5.91 Å². The van der Waals surface area contributed by atoms with E-state index < -0.39 is 0 Å². The number of rotatable bonds is 9. The Kier molecular flexibility index (Phi) is 8.97. The normalized spacial score (nSPS) is 13.2. The smallest absolute Gasteiger partial charge is 0.267 e. The molecule has 9 heteroatoms. The first-order valence-corrected chi connectivity index (χ1v) is 13.5. The van der Waals surface area contributed by atoms with E-state index in [0.717, 1.165) is 42.6 Å². The van der Waals surface area contributed by atoms with Gasteiger partial charge in [-0.15, -0.1) is 0 Å². The van der Waals surface area contributed by atoms with Crippen LogP contribution >= 0.6 is 22.9 Å². The van der Waals surface area contributed by atoms with E-state index in [9.17, 15) is 9.59 Å². The van der Waals surface area contributed by atoms with Gasteiger partial charge in [0.15, 0.2) is 5.13 Å². The number of anilines is 3. The van der Waals surface area contributed by atoms with Crippen molar-refractivity contribution in [2.24, 2.45) is 0 Å². The van der Waals surface area contributed by atoms with Crippen molar-refractivity contribution < 1.29 is 9.59 Å². The van der Waals surface area contributed by atoms with Crippen LogP contribution in [0.3, 0.4) is 0 Å². The molecular weight excluding hydrogens is 506 g/mol. The number of para-hydroxylation sites is 1. The SMILES string of the molecule is Cc1cccc(Cl)c1NC(=O)c1cnc(Nc2ccc3c(c2)CCN(C(=O)/C=C/CCCN(C)C)C3)s1. The zero-order chi connectivity index (χ0) is 26.4. The maximum absolute atomic E-state index is 12.7. The van der Waals surface area contributed by atoms with Gasteiger partial charge in [0.25, 0.3) is 5.91 Å². The zero-order valence-electron chi connectivity index (χ0n) is 21.4. The number of halogens is 1. The molecule has 2 aromatic carbocycles. The van der Waals surface area contributed by atoms with Crippen LogP contribution in [0, 0.1) is 6.92 Å². The van der Waals surface area contributed by atoms with Crippen LogP contribution in [0.1, 0.15) is 39.2 Å². The van der Waals surface area contributed by atoms with Gasteiger partial charge in [0.1, 0.15) is 4.88 Å². The van der Waals surface area contributed by atoms with Gasteiger partial charge < -0.3 is 20.4 Å². The molecule has 3 aromatic rings. The van der Waals surface area contributed by atoms with Crippen molar-refractivity contribution in [2.75, 3.05) is 37.8 Å². The molecule has 0 fully saturated rings. The first kappa shape index (κ1) is 26.9. The Balaban J connectivity index is 1.33. The fraction of sp³-hybridized carbons (Fsp3) is 0.321. The largest absolute Gasteiger partial charge is 0.335 e. The summed E-state index contributed by atoms with van der Waals surface area (Å²) in [7, 11) is 4.11. The summed E-state index contributed by atoms with van der Waals surface area (Å²) >= 11 is 7.52. The first-order chi connectivity index (χ1) is 17.8. The first-order valence-electron chi connectivity index (χ1n) is 12.3. The lowest BCUT2D eigenvalue weighted by molar-refractivity contribution is -0.126. The van der Waals surface area contributed by atoms with E-state index in [1.54, 1.807) is 18.3 Å². The van der Waals surface area contributed by atoms with Gasteiger partial charge in [-0.3, -0.25) is 9.59 Å². The number of nitrogens with one attached hydrogen (secondary N) is 2. The number of aromatic nitrogens is 1. The summed E-state index contributed by atoms with van der Waals surface area (Å²) in [6, 6.07) is 11.6. The Morgan fingerprint density at radius 2 is 2.05 bits per heavy atom. The van der Waals surface area contributed by atoms with Crippen LogP contribution in [-0.4, -0.2) is 53.8 Å². The number of hydrogen-bond donors (Lipinski definition) is 2. The molecule has 0 radical (unpaired) electrons. The quantitative estimate of drug-likeness (QED) is 0.263. The van der Waals surface area contributed by atoms with Gasteiger partial charge in [0.05, 0.1) is 16.9 Å². The van der Waals surface area contributed by atoms with Gasteiger partial charge in [0, 0.05) is 18.8 Å². The molecule has 194 valence electrons. The number of carbonyl (C=O) groups is 2. The molecule has 1 aliphatic rings. The van der Waals surface area contributed by atoms with Crippen molar-refractivity contribution in [1.82, 2.24) is 14.8 Å². The van der Waals surface area contributed by atoms with Crippen LogP contribution < -0.4 is 10.6 Å². The van der Waals surface area contributed by atoms with E-state index in [-0.39, 0.29) is 11.8 Å². The van der Waals surface area contributed by atoms with Crippen molar-refractivity contribution in [2.45, 2.75) is 32.7 Å². The highest BCUT2D eigenvalue weighted by Crippen LogP contribution is 2.29. The Morgan fingerprint density at radius 3 is 2.84 bits per heavy atom. The van der Waals surface area contributed by atoms with E-state index in [1.807, 2.05) is 36.1 Å². The van der Waals surface area contributed by atoms with E-state index in [2.05, 4.69) is 46.7 Å². The molecule has 0 spiro atoms. The summed E-state index contributed by atoms with van der Waals surface area (Å²) in [5.74, 6) is -0.179. The van der Waals surface area contributed by atoms with Crippen LogP contribution in [0.5, 0.6) is 0 Å². The van der Waals surface area contributed by atoms with E-state index in [0.29, 0.717) is 33.8 Å². The molecule has 0 atom stereocenters. The van der Waals surface area contributed by atoms with Gasteiger partial charge >= 0.3 is 0 Å². The number of carbonyl (C=O) groups excluding carboxylic acids is 2. The summed E-state index contributed by atoms with van der Waals surface area (Å²) in [5, 5.41) is 7.32. The molecule has 4 rings (SSSR count). The van der Waals surface area contributed by atoms with Crippen LogP contribution in [0.4, 0.5) is 16.5 Å². The van der Waals surface area contributed by atoms with E-state index in [1.165, 1.54) is 16.9 Å². The molecule has 0 aliphatic carbocycles. The Morgan fingerprint density at radius 1 is 1.22 bits per heavy atom. The predicted molar refractivity (Wildman–Crippen MR) is 152 cm³/mol. The third-order valence-corrected chi connectivity index (χ3v) is 7.43. The maximum Gasteiger partial charge on any atom is 0.267 e. The number of hydrogen-bond acceptors (Lipinski definition) is 6. The third kappa shape index (κ3) is 7.19. The molecule has 2 amide bonds. The molecule has 7 nitrogen and oxygen atoms in total. The second kappa shape index (κ2) is 12.4. The molecule has 1 aromatic heterocycles. The van der Waals surface area contributed by atoms with Gasteiger partial charge in [-0.1, -0.05) is 47.2 Å². The van der Waals surface area contributed by atoms with Crippen LogP contribution in [0.2, 0.25) is 5.02 Å². The molecule has 0 saturated heterocycles. The zero-order valence-corrected chi connectivity index (χ0v) is 23.0. The topological polar surface area (TPSA) is 77.6 Å². The lowest BCUT2D eigenvalue weighted by atomic mass is 9.99. The number of nitrogens with zero attached hydrogens (tertiary/aromatic N) is 3. The second-order valence-corrected chi connectivity index (χ2v) is 10.8. The number of aryl methyl sites for hydroxylation is 1. The molecule has 0 unspecified atom stereocenters. The summed E-state index contributed by atoms with van der Waals surface area (Å²) in [6.45, 7) is 4.22. The van der Waals surface area contributed by atoms with Gasteiger partial charge in [-0.25, -0.2) is 4.98 Å². The highest BCUT2D eigenvalue weighted by atomic mass is 35.5. The molecule has 0 bridgehead atoms. The highest BCUT2D eigenvalue weighted by Gasteiger charge is 2.20. The molecule has 37 heavy (non-hydrogen) atoms. The summed E-state index contributed by atoms with van der Waals surface area (Å²) in [4.78, 5) is 34.2. The fourth-order valence-electron chi connectivity index (χ4n) is 4.16. The molecule has 1 aliphatic heterocycles. The van der Waals surface area contributed by atoms with Gasteiger partial charge in [-0.2, -0.15) is 0 Å². The van der Waals surface area contributed by atoms with Crippen LogP contribution in [0.15, 0.2) is 54.7 Å². The van der Waals surface area contributed by atoms with Crippen LogP contribution in [0.25, 0.3) is 0 Å². The standard InChI is InChI=1S/C28H32ClN5O2S/c1-19-8-7-9-23(29)26(19)32-27(36)24-17-30-28(37-24)31-22-12-11-21-18-34(15-13-20(21)16-22)25(35)10-5-4-6-14-33(2)3/h5,7-12,16-17H,4,6,13-15,18H2,1-3H3,(H,30,31)(H,32,36)/b10-5+. The van der Waals surface area contributed by atoms with Crippen LogP contribution in [-0.2, 0) is 17.8 Å². The minimum atomic E-state index is -0.247. The Labute approximate surface area is 227 Å². The lowest BCUT2D eigenvalue weighted by Gasteiger charge is -2.28. The second-order valence-electron chi connectivity index (χ2n) is 9.38. The number of thiazole rings is 1. The number of amides is 2. The molecule has 0 saturated carbocycles. The third-order valence-electron chi connectivity index (χ3n) is 6.21. The van der Waals surface area contributed by atoms with E-state index >= 15 is 0 Å². The Bertz CT molecular complexity index is 1280. The average molecular weight is 538 g/mol. The maximum atomic E-state index is 12.7. The van der Waals surface area contributed by atoms with Crippen molar-refractivity contribution in [3.05, 3.63) is 81.3 Å². The Hall–Kier alpha value is -3.20. The summed E-state index contributed by atoms with van der Waals surface area (Å²) in [6.07, 6.45) is 8.00. The van der Waals surface area contributed by atoms with E-state index in [4.69, 9.17) is 11.6 Å².